The fourth-order valence-electron chi connectivity index (χ4n) is 1.23. The van der Waals surface area contributed by atoms with E-state index in [0.29, 0.717) is 16.7 Å². The summed E-state index contributed by atoms with van der Waals surface area (Å²) >= 11 is 5.77. The lowest BCUT2D eigenvalue weighted by Gasteiger charge is -2.07. The number of anilines is 1. The molecule has 2 rings (SSSR count). The standard InChI is InChI=1S/C8H9ClN6/c1-5-7(14-10)11-4-12-8(5)15-3-6(9)2-13-15/h2-4H,10H2,1H3,(H,11,12,14). The van der Waals surface area contributed by atoms with Crippen LogP contribution in [0, 0.1) is 6.92 Å². The second kappa shape index (κ2) is 3.84. The molecule has 7 heteroatoms. The van der Waals surface area contributed by atoms with E-state index in [0.717, 1.165) is 5.56 Å². The number of hydrogen-bond acceptors (Lipinski definition) is 5. The molecule has 0 unspecified atom stereocenters. The number of hydrogen-bond donors (Lipinski definition) is 2. The van der Waals surface area contributed by atoms with Crippen LogP contribution in [-0.4, -0.2) is 19.7 Å². The molecule has 2 aromatic rings. The summed E-state index contributed by atoms with van der Waals surface area (Å²) in [6, 6.07) is 0. The van der Waals surface area contributed by atoms with Gasteiger partial charge in [0.25, 0.3) is 0 Å². The summed E-state index contributed by atoms with van der Waals surface area (Å²) in [7, 11) is 0. The molecule has 0 aromatic carbocycles. The summed E-state index contributed by atoms with van der Waals surface area (Å²) in [5.41, 5.74) is 3.29. The smallest absolute Gasteiger partial charge is 0.161 e. The summed E-state index contributed by atoms with van der Waals surface area (Å²) in [5, 5.41) is 4.60. The lowest BCUT2D eigenvalue weighted by molar-refractivity contribution is 0.829. The van der Waals surface area contributed by atoms with E-state index in [1.807, 2.05) is 6.92 Å². The van der Waals surface area contributed by atoms with E-state index in [1.54, 1.807) is 17.1 Å². The van der Waals surface area contributed by atoms with E-state index in [9.17, 15) is 0 Å². The maximum absolute atomic E-state index is 5.77. The highest BCUT2D eigenvalue weighted by Crippen LogP contribution is 2.17. The Bertz CT molecular complexity index is 480. The van der Waals surface area contributed by atoms with Gasteiger partial charge in [0.1, 0.15) is 12.1 Å². The molecule has 0 aliphatic carbocycles. The van der Waals surface area contributed by atoms with Crippen LogP contribution in [0.15, 0.2) is 18.7 Å². The number of nitrogens with zero attached hydrogens (tertiary/aromatic N) is 4. The maximum Gasteiger partial charge on any atom is 0.161 e. The molecular formula is C8H9ClN6. The average Bonchev–Trinajstić information content (AvgIpc) is 2.65. The van der Waals surface area contributed by atoms with Gasteiger partial charge >= 0.3 is 0 Å². The van der Waals surface area contributed by atoms with Crippen LogP contribution in [0.25, 0.3) is 5.82 Å². The number of rotatable bonds is 2. The van der Waals surface area contributed by atoms with Gasteiger partial charge in [-0.15, -0.1) is 0 Å². The van der Waals surface area contributed by atoms with Gasteiger partial charge in [0, 0.05) is 5.56 Å². The van der Waals surface area contributed by atoms with Crippen molar-refractivity contribution in [1.29, 1.82) is 0 Å². The molecule has 2 heterocycles. The van der Waals surface area contributed by atoms with Crippen LogP contribution in [0.1, 0.15) is 5.56 Å². The fourth-order valence-corrected chi connectivity index (χ4v) is 1.37. The van der Waals surface area contributed by atoms with Crippen LogP contribution >= 0.6 is 11.6 Å². The van der Waals surface area contributed by atoms with Crippen molar-refractivity contribution in [3.63, 3.8) is 0 Å². The second-order valence-corrected chi connectivity index (χ2v) is 3.35. The molecule has 0 atom stereocenters. The van der Waals surface area contributed by atoms with Gasteiger partial charge < -0.3 is 5.43 Å². The predicted molar refractivity (Wildman–Crippen MR) is 56.7 cm³/mol. The van der Waals surface area contributed by atoms with Crippen molar-refractivity contribution in [2.24, 2.45) is 5.84 Å². The zero-order valence-corrected chi connectivity index (χ0v) is 8.73. The molecule has 0 aliphatic heterocycles. The Hall–Kier alpha value is -1.66. The lowest BCUT2D eigenvalue weighted by atomic mass is 10.3. The SMILES string of the molecule is Cc1c(NN)ncnc1-n1cc(Cl)cn1. The second-order valence-electron chi connectivity index (χ2n) is 2.92. The van der Waals surface area contributed by atoms with E-state index >= 15 is 0 Å². The first-order valence-electron chi connectivity index (χ1n) is 4.21. The van der Waals surface area contributed by atoms with Gasteiger partial charge in [-0.2, -0.15) is 5.10 Å². The Labute approximate surface area is 91.1 Å². The number of nitrogen functional groups attached to an aromatic ring is 1. The van der Waals surface area contributed by atoms with Gasteiger partial charge in [0.05, 0.1) is 17.4 Å². The number of hydrazine groups is 1. The van der Waals surface area contributed by atoms with Crippen molar-refractivity contribution < 1.29 is 0 Å². The monoisotopic (exact) mass is 224 g/mol. The molecular weight excluding hydrogens is 216 g/mol. The first-order valence-corrected chi connectivity index (χ1v) is 4.59. The molecule has 0 radical (unpaired) electrons. The summed E-state index contributed by atoms with van der Waals surface area (Å²) < 4.78 is 1.57. The molecule has 0 amide bonds. The molecule has 6 nitrogen and oxygen atoms in total. The van der Waals surface area contributed by atoms with Gasteiger partial charge in [0.2, 0.25) is 0 Å². The van der Waals surface area contributed by atoms with Gasteiger partial charge in [-0.3, -0.25) is 0 Å². The summed E-state index contributed by atoms with van der Waals surface area (Å²) in [6.45, 7) is 1.85. The van der Waals surface area contributed by atoms with Gasteiger partial charge in [-0.05, 0) is 6.92 Å². The van der Waals surface area contributed by atoms with Gasteiger partial charge in [0.15, 0.2) is 5.82 Å². The largest absolute Gasteiger partial charge is 0.308 e. The van der Waals surface area contributed by atoms with Crippen LogP contribution in [0.4, 0.5) is 5.82 Å². The first kappa shape index (κ1) is 9.88. The Kier molecular flexibility index (Phi) is 2.53. The molecule has 0 saturated carbocycles. The minimum absolute atomic E-state index is 0.551. The third-order valence-electron chi connectivity index (χ3n) is 1.96. The summed E-state index contributed by atoms with van der Waals surface area (Å²) in [4.78, 5) is 8.07. The van der Waals surface area contributed by atoms with Gasteiger partial charge in [-0.1, -0.05) is 11.6 Å². The summed E-state index contributed by atoms with van der Waals surface area (Å²) in [6.07, 6.45) is 4.61. The van der Waals surface area contributed by atoms with Crippen molar-refractivity contribution in [2.75, 3.05) is 5.43 Å². The third kappa shape index (κ3) is 1.77. The Morgan fingerprint density at radius 3 is 2.87 bits per heavy atom. The van der Waals surface area contributed by atoms with E-state index in [2.05, 4.69) is 20.5 Å². The van der Waals surface area contributed by atoms with Crippen molar-refractivity contribution in [3.8, 4) is 5.82 Å². The number of aromatic nitrogens is 4. The van der Waals surface area contributed by atoms with Crippen LogP contribution in [0.2, 0.25) is 5.02 Å². The van der Waals surface area contributed by atoms with Crippen LogP contribution < -0.4 is 11.3 Å². The third-order valence-corrected chi connectivity index (χ3v) is 2.16. The van der Waals surface area contributed by atoms with E-state index in [1.165, 1.54) is 6.33 Å². The molecule has 78 valence electrons. The number of halogens is 1. The molecule has 0 saturated heterocycles. The Morgan fingerprint density at radius 1 is 1.47 bits per heavy atom. The summed E-state index contributed by atoms with van der Waals surface area (Å²) in [5.74, 6) is 6.51. The van der Waals surface area contributed by atoms with Crippen LogP contribution in [0.3, 0.4) is 0 Å². The minimum atomic E-state index is 0.551. The van der Waals surface area contributed by atoms with Crippen LogP contribution in [0.5, 0.6) is 0 Å². The van der Waals surface area contributed by atoms with E-state index in [-0.39, 0.29) is 0 Å². The minimum Gasteiger partial charge on any atom is -0.308 e. The van der Waals surface area contributed by atoms with Crippen molar-refractivity contribution in [3.05, 3.63) is 29.3 Å². The normalized spacial score (nSPS) is 10.3. The zero-order chi connectivity index (χ0) is 10.8. The van der Waals surface area contributed by atoms with Crippen LogP contribution in [-0.2, 0) is 0 Å². The molecule has 2 aromatic heterocycles. The number of nitrogens with two attached hydrogens (primary N) is 1. The number of nitrogens with one attached hydrogen (secondary N) is 1. The molecule has 15 heavy (non-hydrogen) atoms. The van der Waals surface area contributed by atoms with Crippen molar-refractivity contribution >= 4 is 17.4 Å². The first-order chi connectivity index (χ1) is 7.22. The molecule has 0 spiro atoms. The average molecular weight is 225 g/mol. The van der Waals surface area contributed by atoms with E-state index in [4.69, 9.17) is 17.4 Å². The molecule has 3 N–H and O–H groups in total. The van der Waals surface area contributed by atoms with Crippen molar-refractivity contribution in [1.82, 2.24) is 19.7 Å². The lowest BCUT2D eigenvalue weighted by Crippen LogP contribution is -2.12. The molecule has 0 bridgehead atoms. The topological polar surface area (TPSA) is 81.6 Å². The fraction of sp³-hybridized carbons (Fsp3) is 0.125. The maximum atomic E-state index is 5.77. The zero-order valence-electron chi connectivity index (χ0n) is 7.98. The Balaban J connectivity index is 2.53. The highest BCUT2D eigenvalue weighted by atomic mass is 35.5. The predicted octanol–water partition coefficient (Wildman–Crippen LogP) is 0.910. The Morgan fingerprint density at radius 2 is 2.27 bits per heavy atom. The van der Waals surface area contributed by atoms with Crippen molar-refractivity contribution in [2.45, 2.75) is 6.92 Å². The highest BCUT2D eigenvalue weighted by molar-refractivity contribution is 6.30. The highest BCUT2D eigenvalue weighted by Gasteiger charge is 2.08. The van der Waals surface area contributed by atoms with E-state index < -0.39 is 0 Å². The van der Waals surface area contributed by atoms with Gasteiger partial charge in [-0.25, -0.2) is 20.5 Å². The molecule has 0 aliphatic rings. The quantitative estimate of drug-likeness (QED) is 0.585. The molecule has 0 fully saturated rings.